The van der Waals surface area contributed by atoms with Gasteiger partial charge in [-0.1, -0.05) is 11.6 Å². The van der Waals surface area contributed by atoms with Crippen LogP contribution in [0.3, 0.4) is 0 Å². The van der Waals surface area contributed by atoms with Crippen LogP contribution < -0.4 is 10.6 Å². The maximum absolute atomic E-state index is 14.2. The number of nitrogens with one attached hydrogen (secondary N) is 2. The summed E-state index contributed by atoms with van der Waals surface area (Å²) < 4.78 is 14.2. The van der Waals surface area contributed by atoms with Crippen molar-refractivity contribution >= 4 is 17.2 Å². The molecule has 4 heteroatoms. The number of rotatable bonds is 3. The van der Waals surface area contributed by atoms with E-state index in [1.54, 1.807) is 6.07 Å². The maximum Gasteiger partial charge on any atom is 0.255 e. The van der Waals surface area contributed by atoms with Crippen molar-refractivity contribution in [2.24, 2.45) is 0 Å². The van der Waals surface area contributed by atoms with Gasteiger partial charge in [0.25, 0.3) is 5.91 Å². The number of hydrogen-bond donors (Lipinski definition) is 2. The Morgan fingerprint density at radius 3 is 2.69 bits per heavy atom. The van der Waals surface area contributed by atoms with Crippen molar-refractivity contribution in [1.82, 2.24) is 5.32 Å². The molecule has 0 saturated heterocycles. The second-order valence-corrected chi connectivity index (χ2v) is 7.24. The summed E-state index contributed by atoms with van der Waals surface area (Å²) in [6.45, 7) is 3.79. The molecule has 2 aromatic rings. The van der Waals surface area contributed by atoms with Crippen LogP contribution in [0.2, 0.25) is 0 Å². The lowest BCUT2D eigenvalue weighted by atomic mass is 9.87. The fourth-order valence-corrected chi connectivity index (χ4v) is 3.92. The van der Waals surface area contributed by atoms with Gasteiger partial charge in [0, 0.05) is 24.3 Å². The van der Waals surface area contributed by atoms with Gasteiger partial charge in [-0.2, -0.15) is 0 Å². The van der Waals surface area contributed by atoms with Crippen molar-refractivity contribution in [2.75, 3.05) is 5.32 Å². The summed E-state index contributed by atoms with van der Waals surface area (Å²) in [6.07, 6.45) is 4.31. The molecule has 1 heterocycles. The molecule has 3 nitrogen and oxygen atoms in total. The molecule has 0 spiro atoms. The zero-order valence-corrected chi connectivity index (χ0v) is 15.0. The Bertz CT molecular complexity index is 901. The van der Waals surface area contributed by atoms with E-state index >= 15 is 0 Å². The molecule has 26 heavy (non-hydrogen) atoms. The van der Waals surface area contributed by atoms with Gasteiger partial charge in [-0.3, -0.25) is 4.79 Å². The summed E-state index contributed by atoms with van der Waals surface area (Å²) >= 11 is 0. The minimum atomic E-state index is -0.364. The van der Waals surface area contributed by atoms with Crippen molar-refractivity contribution in [3.8, 4) is 0 Å². The number of anilines is 1. The third kappa shape index (κ3) is 3.42. The number of allylic oxidation sites excluding steroid dienone is 2. The van der Waals surface area contributed by atoms with Crippen LogP contribution in [0.4, 0.5) is 10.1 Å². The Kier molecular flexibility index (Phi) is 4.60. The van der Waals surface area contributed by atoms with Gasteiger partial charge in [0.2, 0.25) is 0 Å². The van der Waals surface area contributed by atoms with E-state index in [2.05, 4.69) is 17.6 Å². The molecule has 0 fully saturated rings. The zero-order valence-electron chi connectivity index (χ0n) is 15.0. The van der Waals surface area contributed by atoms with E-state index < -0.39 is 0 Å². The second kappa shape index (κ2) is 7.04. The van der Waals surface area contributed by atoms with Gasteiger partial charge >= 0.3 is 0 Å². The second-order valence-electron chi connectivity index (χ2n) is 7.24. The van der Waals surface area contributed by atoms with Gasteiger partial charge in [-0.15, -0.1) is 0 Å². The predicted octanol–water partition coefficient (Wildman–Crippen LogP) is 5.03. The Labute approximate surface area is 153 Å². The molecular formula is C22H23FN2O. The number of fused-ring (bicyclic) bond motifs is 1. The highest BCUT2D eigenvalue weighted by molar-refractivity contribution is 6.04. The number of benzene rings is 2. The van der Waals surface area contributed by atoms with Crippen molar-refractivity contribution in [3.05, 3.63) is 70.0 Å². The Morgan fingerprint density at radius 2 is 1.85 bits per heavy atom. The van der Waals surface area contributed by atoms with Crippen molar-refractivity contribution < 1.29 is 9.18 Å². The minimum Gasteiger partial charge on any atom is -0.322 e. The highest BCUT2D eigenvalue weighted by Crippen LogP contribution is 2.33. The van der Waals surface area contributed by atoms with E-state index in [-0.39, 0.29) is 11.7 Å². The largest absolute Gasteiger partial charge is 0.322 e. The van der Waals surface area contributed by atoms with Crippen molar-refractivity contribution in [1.29, 1.82) is 0 Å². The van der Waals surface area contributed by atoms with Crippen LogP contribution in [0.1, 0.15) is 59.7 Å². The van der Waals surface area contributed by atoms with Gasteiger partial charge in [-0.25, -0.2) is 4.39 Å². The van der Waals surface area contributed by atoms with Crippen molar-refractivity contribution in [2.45, 2.75) is 45.7 Å². The third-order valence-corrected chi connectivity index (χ3v) is 5.35. The monoisotopic (exact) mass is 350 g/mol. The van der Waals surface area contributed by atoms with Crippen LogP contribution in [-0.2, 0) is 13.1 Å². The average Bonchev–Trinajstić information content (AvgIpc) is 3.09. The number of halogens is 1. The van der Waals surface area contributed by atoms with Gasteiger partial charge in [-0.05, 0) is 85.2 Å². The molecule has 2 aromatic carbocycles. The first-order valence-electron chi connectivity index (χ1n) is 9.23. The van der Waals surface area contributed by atoms with E-state index in [0.717, 1.165) is 43.6 Å². The molecule has 2 aliphatic rings. The summed E-state index contributed by atoms with van der Waals surface area (Å²) in [4.78, 5) is 12.7. The SMILES string of the molecule is CC1=C(c2cc(F)cc(C(=O)Nc3ccc4c(c3)CNC4)c2)CCCC1. The molecule has 4 rings (SSSR count). The molecule has 1 amide bonds. The van der Waals surface area contributed by atoms with Gasteiger partial charge in [0.05, 0.1) is 0 Å². The summed E-state index contributed by atoms with van der Waals surface area (Å²) in [5, 5.41) is 6.20. The minimum absolute atomic E-state index is 0.272. The van der Waals surface area contributed by atoms with Crippen LogP contribution in [0.25, 0.3) is 5.57 Å². The number of carbonyl (C=O) groups excluding carboxylic acids is 1. The van der Waals surface area contributed by atoms with Crippen LogP contribution >= 0.6 is 0 Å². The van der Waals surface area contributed by atoms with Crippen LogP contribution in [0, 0.1) is 5.82 Å². The van der Waals surface area contributed by atoms with E-state index in [0.29, 0.717) is 5.56 Å². The summed E-state index contributed by atoms with van der Waals surface area (Å²) in [5.41, 5.74) is 6.90. The number of amides is 1. The Morgan fingerprint density at radius 1 is 1.04 bits per heavy atom. The highest BCUT2D eigenvalue weighted by Gasteiger charge is 2.16. The Balaban J connectivity index is 1.60. The molecule has 0 radical (unpaired) electrons. The first kappa shape index (κ1) is 17.0. The van der Waals surface area contributed by atoms with Gasteiger partial charge < -0.3 is 10.6 Å². The molecule has 0 atom stereocenters. The van der Waals surface area contributed by atoms with E-state index in [1.165, 1.54) is 34.8 Å². The fraction of sp³-hybridized carbons (Fsp3) is 0.318. The molecule has 1 aliphatic carbocycles. The molecule has 2 N–H and O–H groups in total. The predicted molar refractivity (Wildman–Crippen MR) is 102 cm³/mol. The van der Waals surface area contributed by atoms with Crippen molar-refractivity contribution in [3.63, 3.8) is 0 Å². The average molecular weight is 350 g/mol. The summed E-state index contributed by atoms with van der Waals surface area (Å²) in [5.74, 6) is -0.637. The van der Waals surface area contributed by atoms with Gasteiger partial charge in [0.1, 0.15) is 5.82 Å². The molecule has 0 unspecified atom stereocenters. The standard InChI is InChI=1S/C22H23FN2O/c1-14-4-2-3-5-21(14)16-8-17(10-19(23)9-16)22(26)25-20-7-6-15-12-24-13-18(15)11-20/h6-11,24H,2-5,12-13H2,1H3,(H,25,26). The third-order valence-electron chi connectivity index (χ3n) is 5.35. The lowest BCUT2D eigenvalue weighted by molar-refractivity contribution is 0.102. The quantitative estimate of drug-likeness (QED) is 0.815. The molecule has 0 aromatic heterocycles. The van der Waals surface area contributed by atoms with Gasteiger partial charge in [0.15, 0.2) is 0 Å². The topological polar surface area (TPSA) is 41.1 Å². The molecular weight excluding hydrogens is 327 g/mol. The fourth-order valence-electron chi connectivity index (χ4n) is 3.92. The lowest BCUT2D eigenvalue weighted by Crippen LogP contribution is -2.13. The Hall–Kier alpha value is -2.46. The lowest BCUT2D eigenvalue weighted by Gasteiger charge is -2.18. The highest BCUT2D eigenvalue weighted by atomic mass is 19.1. The maximum atomic E-state index is 14.2. The van der Waals surface area contributed by atoms with Crippen LogP contribution in [0.5, 0.6) is 0 Å². The normalized spacial score (nSPS) is 16.5. The molecule has 0 saturated carbocycles. The first-order valence-corrected chi connectivity index (χ1v) is 9.23. The number of carbonyl (C=O) groups is 1. The van der Waals surface area contributed by atoms with Crippen LogP contribution in [-0.4, -0.2) is 5.91 Å². The van der Waals surface area contributed by atoms with E-state index in [4.69, 9.17) is 0 Å². The zero-order chi connectivity index (χ0) is 18.1. The van der Waals surface area contributed by atoms with E-state index in [1.807, 2.05) is 24.3 Å². The molecule has 1 aliphatic heterocycles. The summed E-state index contributed by atoms with van der Waals surface area (Å²) in [6, 6.07) is 10.6. The van der Waals surface area contributed by atoms with E-state index in [9.17, 15) is 9.18 Å². The summed E-state index contributed by atoms with van der Waals surface area (Å²) in [7, 11) is 0. The number of hydrogen-bond acceptors (Lipinski definition) is 2. The first-order chi connectivity index (χ1) is 12.6. The molecule has 0 bridgehead atoms. The van der Waals surface area contributed by atoms with Crippen LogP contribution in [0.15, 0.2) is 42.0 Å². The smallest absolute Gasteiger partial charge is 0.255 e. The molecule has 134 valence electrons.